The molecule has 0 aliphatic carbocycles. The maximum atomic E-state index is 11.1. The Labute approximate surface area is 252 Å². The van der Waals surface area contributed by atoms with E-state index in [1.807, 2.05) is 72.8 Å². The van der Waals surface area contributed by atoms with Crippen LogP contribution < -0.4 is 10.4 Å². The van der Waals surface area contributed by atoms with Crippen LogP contribution in [0.15, 0.2) is 121 Å². The van der Waals surface area contributed by atoms with E-state index in [1.165, 1.54) is 10.4 Å². The largest absolute Gasteiger partial charge is 0.396 e. The highest BCUT2D eigenvalue weighted by atomic mass is 28.4. The van der Waals surface area contributed by atoms with Gasteiger partial charge >= 0.3 is 0 Å². The molecule has 2 atom stereocenters. The molecule has 0 heterocycles. The molecule has 0 aliphatic rings. The first kappa shape index (κ1) is 31.4. The van der Waals surface area contributed by atoms with Crippen molar-refractivity contribution in [3.63, 3.8) is 0 Å². The van der Waals surface area contributed by atoms with E-state index in [-0.39, 0.29) is 24.9 Å². The zero-order valence-electron chi connectivity index (χ0n) is 24.9. The van der Waals surface area contributed by atoms with Crippen molar-refractivity contribution in [2.24, 2.45) is 5.92 Å². The number of benzene rings is 4. The number of ether oxygens (including phenoxy) is 2. The Morgan fingerprint density at radius 1 is 0.643 bits per heavy atom. The molecule has 0 saturated heterocycles. The summed E-state index contributed by atoms with van der Waals surface area (Å²) in [7, 11) is -2.70. The van der Waals surface area contributed by atoms with Gasteiger partial charge < -0.3 is 19.0 Å². The molecule has 0 saturated carbocycles. The van der Waals surface area contributed by atoms with E-state index < -0.39 is 20.3 Å². The van der Waals surface area contributed by atoms with Crippen LogP contribution in [0.1, 0.15) is 31.9 Å². The first-order chi connectivity index (χ1) is 20.4. The lowest BCUT2D eigenvalue weighted by Crippen LogP contribution is -2.66. The Morgan fingerprint density at radius 2 is 1.07 bits per heavy atom. The van der Waals surface area contributed by atoms with Crippen LogP contribution in [0, 0.1) is 17.8 Å². The van der Waals surface area contributed by atoms with Crippen molar-refractivity contribution in [2.75, 3.05) is 19.8 Å². The molecule has 218 valence electrons. The van der Waals surface area contributed by atoms with Crippen LogP contribution in [0.25, 0.3) is 0 Å². The monoisotopic (exact) mass is 578 g/mol. The van der Waals surface area contributed by atoms with Crippen LogP contribution in [-0.2, 0) is 27.1 Å². The minimum absolute atomic E-state index is 0.139. The topological polar surface area (TPSA) is 47.9 Å². The van der Waals surface area contributed by atoms with Gasteiger partial charge in [-0.3, -0.25) is 0 Å². The van der Waals surface area contributed by atoms with Crippen molar-refractivity contribution >= 4 is 18.7 Å². The van der Waals surface area contributed by atoms with Crippen molar-refractivity contribution in [3.05, 3.63) is 132 Å². The third kappa shape index (κ3) is 8.51. The van der Waals surface area contributed by atoms with Crippen LogP contribution in [0.2, 0.25) is 5.04 Å². The Balaban J connectivity index is 1.50. The first-order valence-electron chi connectivity index (χ1n) is 14.5. The predicted octanol–water partition coefficient (Wildman–Crippen LogP) is 5.98. The van der Waals surface area contributed by atoms with Crippen molar-refractivity contribution < 1.29 is 19.0 Å². The molecular weight excluding hydrogens is 536 g/mol. The van der Waals surface area contributed by atoms with Gasteiger partial charge in [0.15, 0.2) is 0 Å². The van der Waals surface area contributed by atoms with Gasteiger partial charge in [-0.2, -0.15) is 0 Å². The molecule has 4 nitrogen and oxygen atoms in total. The molecule has 42 heavy (non-hydrogen) atoms. The van der Waals surface area contributed by atoms with Gasteiger partial charge in [-0.05, 0) is 26.5 Å². The van der Waals surface area contributed by atoms with E-state index in [2.05, 4.69) is 81.1 Å². The summed E-state index contributed by atoms with van der Waals surface area (Å²) < 4.78 is 18.8. The Bertz CT molecular complexity index is 1340. The molecular formula is C37H42O4Si. The third-order valence-electron chi connectivity index (χ3n) is 7.34. The summed E-state index contributed by atoms with van der Waals surface area (Å²) >= 11 is 0. The molecule has 4 rings (SSSR count). The number of aliphatic hydroxyl groups excluding tert-OH is 1. The second kappa shape index (κ2) is 15.6. The minimum Gasteiger partial charge on any atom is -0.396 e. The number of hydrogen-bond acceptors (Lipinski definition) is 4. The zero-order chi connectivity index (χ0) is 29.7. The van der Waals surface area contributed by atoms with Crippen molar-refractivity contribution in [1.82, 2.24) is 0 Å². The van der Waals surface area contributed by atoms with Gasteiger partial charge in [-0.25, -0.2) is 0 Å². The van der Waals surface area contributed by atoms with E-state index in [9.17, 15) is 5.11 Å². The molecule has 0 aromatic heterocycles. The molecule has 0 spiro atoms. The molecule has 5 heteroatoms. The van der Waals surface area contributed by atoms with Gasteiger partial charge in [0.25, 0.3) is 8.32 Å². The van der Waals surface area contributed by atoms with E-state index in [4.69, 9.17) is 13.9 Å². The fraction of sp³-hybridized carbons (Fsp3) is 0.297. The van der Waals surface area contributed by atoms with Crippen LogP contribution in [0.3, 0.4) is 0 Å². The average molecular weight is 579 g/mol. The molecule has 0 radical (unpaired) electrons. The molecule has 4 aromatic rings. The zero-order valence-corrected chi connectivity index (χ0v) is 25.9. The number of aliphatic hydroxyl groups is 1. The highest BCUT2D eigenvalue weighted by Gasteiger charge is 2.50. The van der Waals surface area contributed by atoms with E-state index in [0.717, 1.165) is 11.1 Å². The normalized spacial score (nSPS) is 13.1. The second-order valence-corrected chi connectivity index (χ2v) is 15.8. The molecule has 1 N–H and O–H groups in total. The molecule has 0 amide bonds. The third-order valence-corrected chi connectivity index (χ3v) is 12.3. The SMILES string of the molecule is CC(C)(C)[Si](OCC#C[C@H](COCc1ccccc1)[C@@H](O)COCc1ccccc1)(c1ccccc1)c1ccccc1. The lowest BCUT2D eigenvalue weighted by molar-refractivity contribution is -0.0155. The van der Waals surface area contributed by atoms with Gasteiger partial charge in [-0.1, -0.05) is 154 Å². The quantitative estimate of drug-likeness (QED) is 0.157. The van der Waals surface area contributed by atoms with E-state index in [1.54, 1.807) is 0 Å². The number of rotatable bonds is 13. The summed E-state index contributed by atoms with van der Waals surface area (Å²) in [6.45, 7) is 8.34. The standard InChI is InChI=1S/C37H42O4Si/c1-37(2,3)42(34-22-12-6-13-23-34,35-24-14-7-15-25-35)41-26-16-21-33(29-39-27-31-17-8-4-9-18-31)36(38)30-40-28-32-19-10-5-11-20-32/h4-15,17-20,22-25,33,36,38H,26-30H2,1-3H3/t33-,36+/m1/s1. The highest BCUT2D eigenvalue weighted by Crippen LogP contribution is 2.36. The molecule has 0 fully saturated rings. The summed E-state index contributed by atoms with van der Waals surface area (Å²) in [6, 6.07) is 41.0. The first-order valence-corrected chi connectivity index (χ1v) is 16.5. The summed E-state index contributed by atoms with van der Waals surface area (Å²) in [4.78, 5) is 0. The predicted molar refractivity (Wildman–Crippen MR) is 173 cm³/mol. The van der Waals surface area contributed by atoms with Gasteiger partial charge in [0, 0.05) is 0 Å². The summed E-state index contributed by atoms with van der Waals surface area (Å²) in [6.07, 6.45) is -0.801. The Morgan fingerprint density at radius 3 is 1.52 bits per heavy atom. The molecule has 4 aromatic carbocycles. The van der Waals surface area contributed by atoms with Gasteiger partial charge in [-0.15, -0.1) is 0 Å². The van der Waals surface area contributed by atoms with Crippen molar-refractivity contribution in [2.45, 2.75) is 45.1 Å². The fourth-order valence-corrected chi connectivity index (χ4v) is 9.64. The molecule has 0 aliphatic heterocycles. The van der Waals surface area contributed by atoms with Crippen LogP contribution in [0.4, 0.5) is 0 Å². The summed E-state index contributed by atoms with van der Waals surface area (Å²) in [5.74, 6) is 6.11. The lowest BCUT2D eigenvalue weighted by Gasteiger charge is -2.42. The van der Waals surface area contributed by atoms with Crippen LogP contribution >= 0.6 is 0 Å². The lowest BCUT2D eigenvalue weighted by atomic mass is 10.0. The van der Waals surface area contributed by atoms with Gasteiger partial charge in [0.2, 0.25) is 0 Å². The second-order valence-electron chi connectivity index (χ2n) is 11.4. The molecule has 0 unspecified atom stereocenters. The summed E-state index contributed by atoms with van der Waals surface area (Å²) in [5.41, 5.74) is 2.14. The van der Waals surface area contributed by atoms with Gasteiger partial charge in [0.05, 0.1) is 45.1 Å². The fourth-order valence-electron chi connectivity index (χ4n) is 5.19. The number of hydrogen-bond donors (Lipinski definition) is 1. The Kier molecular flexibility index (Phi) is 11.7. The maximum absolute atomic E-state index is 11.1. The van der Waals surface area contributed by atoms with E-state index >= 15 is 0 Å². The van der Waals surface area contributed by atoms with Gasteiger partial charge in [0.1, 0.15) is 0 Å². The maximum Gasteiger partial charge on any atom is 0.262 e. The van der Waals surface area contributed by atoms with Crippen molar-refractivity contribution in [1.29, 1.82) is 0 Å². The van der Waals surface area contributed by atoms with Crippen LogP contribution in [-0.4, -0.2) is 39.3 Å². The Hall–Kier alpha value is -3.50. The minimum atomic E-state index is -2.70. The summed E-state index contributed by atoms with van der Waals surface area (Å²) in [5, 5.41) is 13.4. The van der Waals surface area contributed by atoms with Crippen LogP contribution in [0.5, 0.6) is 0 Å². The van der Waals surface area contributed by atoms with Crippen molar-refractivity contribution in [3.8, 4) is 11.8 Å². The van der Waals surface area contributed by atoms with E-state index in [0.29, 0.717) is 13.2 Å². The molecule has 0 bridgehead atoms. The average Bonchev–Trinajstić information content (AvgIpc) is 3.01. The smallest absolute Gasteiger partial charge is 0.262 e. The highest BCUT2D eigenvalue weighted by molar-refractivity contribution is 6.99.